The molecule has 6 heteroatoms. The maximum Gasteiger partial charge on any atom is 0.297 e. The quantitative estimate of drug-likeness (QED) is 0.515. The molecule has 0 aliphatic heterocycles. The molecule has 2 rings (SSSR count). The van der Waals surface area contributed by atoms with Crippen molar-refractivity contribution in [2.24, 2.45) is 5.73 Å². The van der Waals surface area contributed by atoms with Crippen LogP contribution in [0, 0.1) is 0 Å². The molecular weight excluding hydrogens is 240 g/mol. The Kier molecular flexibility index (Phi) is 2.68. The fourth-order valence-corrected chi connectivity index (χ4v) is 2.74. The predicted octanol–water partition coefficient (Wildman–Crippen LogP) is 1.23. The van der Waals surface area contributed by atoms with Gasteiger partial charge in [-0.05, 0) is 29.8 Å². The van der Waals surface area contributed by atoms with E-state index in [4.69, 9.17) is 11.5 Å². The summed E-state index contributed by atoms with van der Waals surface area (Å²) in [5.41, 5.74) is 13.0. The number of rotatable bonds is 1. The molecule has 1 aromatic carbocycles. The summed E-state index contributed by atoms with van der Waals surface area (Å²) in [7, 11) is -4.35. The van der Waals surface area contributed by atoms with E-state index in [1.54, 1.807) is 18.2 Å². The summed E-state index contributed by atoms with van der Waals surface area (Å²) in [6.45, 7) is 0. The molecule has 17 heavy (non-hydrogen) atoms. The highest BCUT2D eigenvalue weighted by Gasteiger charge is 2.23. The smallest absolute Gasteiger partial charge is 0.297 e. The van der Waals surface area contributed by atoms with Crippen LogP contribution in [-0.2, 0) is 10.1 Å². The van der Waals surface area contributed by atoms with Crippen molar-refractivity contribution in [3.8, 4) is 0 Å². The molecule has 5 nitrogen and oxygen atoms in total. The maximum atomic E-state index is 11.3. The Labute approximate surface area is 99.2 Å². The second-order valence-electron chi connectivity index (χ2n) is 3.72. The zero-order valence-corrected chi connectivity index (χ0v) is 9.74. The molecule has 0 saturated heterocycles. The first-order valence-corrected chi connectivity index (χ1v) is 6.37. The fraction of sp³-hybridized carbons (Fsp3) is 0.0909. The van der Waals surface area contributed by atoms with Gasteiger partial charge in [0.05, 0.1) is 5.69 Å². The Morgan fingerprint density at radius 2 is 2.06 bits per heavy atom. The van der Waals surface area contributed by atoms with Gasteiger partial charge in [0.15, 0.2) is 0 Å². The first-order chi connectivity index (χ1) is 7.95. The number of nitrogen functional groups attached to an aromatic ring is 1. The lowest BCUT2D eigenvalue weighted by molar-refractivity contribution is 0.483. The lowest BCUT2D eigenvalue weighted by atomic mass is 9.92. The second kappa shape index (κ2) is 3.90. The van der Waals surface area contributed by atoms with Gasteiger partial charge < -0.3 is 11.5 Å². The highest BCUT2D eigenvalue weighted by Crippen LogP contribution is 2.35. The lowest BCUT2D eigenvalue weighted by Gasteiger charge is -2.17. The van der Waals surface area contributed by atoms with E-state index in [0.29, 0.717) is 17.5 Å². The van der Waals surface area contributed by atoms with Crippen LogP contribution in [0.4, 0.5) is 5.69 Å². The molecule has 0 amide bonds. The Morgan fingerprint density at radius 1 is 1.35 bits per heavy atom. The van der Waals surface area contributed by atoms with Crippen molar-refractivity contribution < 1.29 is 13.0 Å². The van der Waals surface area contributed by atoms with Crippen molar-refractivity contribution in [2.45, 2.75) is 11.3 Å². The van der Waals surface area contributed by atoms with Crippen LogP contribution in [0.1, 0.15) is 17.5 Å². The van der Waals surface area contributed by atoms with Gasteiger partial charge in [-0.1, -0.05) is 18.2 Å². The van der Waals surface area contributed by atoms with Crippen LogP contribution in [0.15, 0.2) is 29.3 Å². The Hall–Kier alpha value is -1.79. The number of nitrogens with two attached hydrogens (primary N) is 2. The van der Waals surface area contributed by atoms with Crippen LogP contribution >= 0.6 is 0 Å². The molecular formula is C11H12N2O3S. The van der Waals surface area contributed by atoms with E-state index < -0.39 is 10.1 Å². The Bertz CT molecular complexity index is 630. The van der Waals surface area contributed by atoms with Crippen LogP contribution in [0.3, 0.4) is 0 Å². The van der Waals surface area contributed by atoms with E-state index in [2.05, 4.69) is 0 Å². The molecule has 0 heterocycles. The summed E-state index contributed by atoms with van der Waals surface area (Å²) in [5.74, 6) is 0. The van der Waals surface area contributed by atoms with E-state index in [-0.39, 0.29) is 10.6 Å². The van der Waals surface area contributed by atoms with Gasteiger partial charge in [-0.25, -0.2) is 0 Å². The summed E-state index contributed by atoms with van der Waals surface area (Å²) in [5, 5.41) is 0. The third kappa shape index (κ3) is 1.92. The van der Waals surface area contributed by atoms with Gasteiger partial charge >= 0.3 is 0 Å². The molecule has 90 valence electrons. The molecule has 5 N–H and O–H groups in total. The molecule has 0 aromatic heterocycles. The third-order valence-electron chi connectivity index (χ3n) is 2.65. The molecule has 0 fully saturated rings. The molecule has 1 aliphatic carbocycles. The van der Waals surface area contributed by atoms with Crippen LogP contribution in [0.5, 0.6) is 0 Å². The predicted molar refractivity (Wildman–Crippen MR) is 66.5 cm³/mol. The fourth-order valence-electron chi connectivity index (χ4n) is 1.92. The normalized spacial score (nSPS) is 17.1. The van der Waals surface area contributed by atoms with Gasteiger partial charge in [0, 0.05) is 5.56 Å². The summed E-state index contributed by atoms with van der Waals surface area (Å²) >= 11 is 0. The van der Waals surface area contributed by atoms with Crippen LogP contribution in [0.2, 0.25) is 0 Å². The van der Waals surface area contributed by atoms with E-state index in [1.165, 1.54) is 12.3 Å². The van der Waals surface area contributed by atoms with E-state index >= 15 is 0 Å². The molecule has 0 saturated carbocycles. The molecule has 0 radical (unpaired) electrons. The van der Waals surface area contributed by atoms with Gasteiger partial charge in [-0.15, -0.1) is 0 Å². The number of fused-ring (bicyclic) bond motifs is 1. The van der Waals surface area contributed by atoms with Gasteiger partial charge in [-0.2, -0.15) is 8.42 Å². The summed E-state index contributed by atoms with van der Waals surface area (Å²) in [6.07, 6.45) is 5.45. The standard InChI is InChI=1S/C11H12N2O3S/c12-6-7-2-1-3-9-8(7)4-5-10(13)11(9)17(14,15)16/h1,3-6H,2,12-13H2,(H,14,15,16). The zero-order valence-electron chi connectivity index (χ0n) is 8.92. The monoisotopic (exact) mass is 252 g/mol. The van der Waals surface area contributed by atoms with Crippen LogP contribution in [0.25, 0.3) is 11.6 Å². The minimum Gasteiger partial charge on any atom is -0.404 e. The van der Waals surface area contributed by atoms with E-state index in [0.717, 1.165) is 5.57 Å². The third-order valence-corrected chi connectivity index (χ3v) is 3.63. The van der Waals surface area contributed by atoms with Crippen molar-refractivity contribution in [2.75, 3.05) is 5.73 Å². The summed E-state index contributed by atoms with van der Waals surface area (Å²) in [6, 6.07) is 3.14. The van der Waals surface area contributed by atoms with Gasteiger partial charge in [0.1, 0.15) is 4.90 Å². The van der Waals surface area contributed by atoms with Crippen LogP contribution in [-0.4, -0.2) is 13.0 Å². The number of allylic oxidation sites excluding steroid dienone is 2. The van der Waals surface area contributed by atoms with E-state index in [1.807, 2.05) is 0 Å². The van der Waals surface area contributed by atoms with Crippen molar-refractivity contribution in [3.05, 3.63) is 35.5 Å². The molecule has 0 bridgehead atoms. The van der Waals surface area contributed by atoms with Gasteiger partial charge in [0.2, 0.25) is 0 Å². The average molecular weight is 252 g/mol. The van der Waals surface area contributed by atoms with Gasteiger partial charge in [-0.3, -0.25) is 4.55 Å². The first-order valence-electron chi connectivity index (χ1n) is 4.93. The number of anilines is 1. The summed E-state index contributed by atoms with van der Waals surface area (Å²) < 4.78 is 31.8. The SMILES string of the molecule is NC=C1CC=Cc2c1ccc(N)c2S(=O)(=O)O. The Morgan fingerprint density at radius 3 is 2.65 bits per heavy atom. The average Bonchev–Trinajstić information content (AvgIpc) is 2.25. The number of hydrogen-bond acceptors (Lipinski definition) is 4. The van der Waals surface area contributed by atoms with Crippen LogP contribution < -0.4 is 11.5 Å². The minimum absolute atomic E-state index is 0.0224. The molecule has 0 spiro atoms. The Balaban J connectivity index is 2.84. The molecule has 0 atom stereocenters. The van der Waals surface area contributed by atoms with Crippen molar-refractivity contribution >= 4 is 27.5 Å². The maximum absolute atomic E-state index is 11.3. The summed E-state index contributed by atoms with van der Waals surface area (Å²) in [4.78, 5) is -0.259. The van der Waals surface area contributed by atoms with Crippen molar-refractivity contribution in [1.82, 2.24) is 0 Å². The van der Waals surface area contributed by atoms with Crippen molar-refractivity contribution in [3.63, 3.8) is 0 Å². The van der Waals surface area contributed by atoms with Crippen molar-refractivity contribution in [1.29, 1.82) is 0 Å². The highest BCUT2D eigenvalue weighted by molar-refractivity contribution is 7.86. The zero-order chi connectivity index (χ0) is 12.6. The lowest BCUT2D eigenvalue weighted by Crippen LogP contribution is -2.09. The van der Waals surface area contributed by atoms with E-state index in [9.17, 15) is 13.0 Å². The number of benzene rings is 1. The topological polar surface area (TPSA) is 106 Å². The van der Waals surface area contributed by atoms with Gasteiger partial charge in [0.25, 0.3) is 10.1 Å². The molecule has 0 unspecified atom stereocenters. The first kappa shape index (κ1) is 11.7. The molecule has 1 aliphatic rings. The largest absolute Gasteiger partial charge is 0.404 e. The second-order valence-corrected chi connectivity index (χ2v) is 5.08. The highest BCUT2D eigenvalue weighted by atomic mass is 32.2. The minimum atomic E-state index is -4.35. The number of hydrogen-bond donors (Lipinski definition) is 3. The molecule has 1 aromatic rings.